The van der Waals surface area contributed by atoms with Gasteiger partial charge in [0.05, 0.1) is 0 Å². The third-order valence-corrected chi connectivity index (χ3v) is 1.50. The molecule has 1 N–H and O–H groups in total. The number of hydrogen-bond donors (Lipinski definition) is 1. The van der Waals surface area contributed by atoms with E-state index in [0.29, 0.717) is 0 Å². The van der Waals surface area contributed by atoms with Crippen LogP contribution in [0.15, 0.2) is 0 Å². The fourth-order valence-corrected chi connectivity index (χ4v) is 1.06. The van der Waals surface area contributed by atoms with E-state index in [0.717, 1.165) is 6.92 Å². The molecule has 1 radical (unpaired) electrons. The van der Waals surface area contributed by atoms with Gasteiger partial charge in [-0.1, -0.05) is 52.4 Å². The quantitative estimate of drug-likeness (QED) is 0.610. The van der Waals surface area contributed by atoms with E-state index in [2.05, 4.69) is 6.92 Å². The Hall–Kier alpha value is -0.530. The van der Waals surface area contributed by atoms with E-state index in [1.54, 1.807) is 6.92 Å². The Balaban J connectivity index is 0. The van der Waals surface area contributed by atoms with E-state index in [4.69, 9.17) is 9.90 Å². The molecule has 0 aromatic carbocycles. The summed E-state index contributed by atoms with van der Waals surface area (Å²) in [6.45, 7) is 6.08. The maximum absolute atomic E-state index is 9.00. The van der Waals surface area contributed by atoms with E-state index in [-0.39, 0.29) is 0 Å². The smallest absolute Gasteiger partial charge is 0.300 e. The first kappa shape index (κ1) is 14.0. The molecule has 0 unspecified atom stereocenters. The van der Waals surface area contributed by atoms with Crippen LogP contribution in [-0.4, -0.2) is 11.1 Å². The van der Waals surface area contributed by atoms with Crippen LogP contribution < -0.4 is 0 Å². The molecule has 1 rings (SSSR count). The summed E-state index contributed by atoms with van der Waals surface area (Å²) in [4.78, 5) is 9.00. The standard InChI is InChI=1S/C6H12.C2H4O2.C2H5/c1-2-4-6-5-3-1;1-2(3)4;1-2/h1-6H2;1H3,(H,3,4);1H2,2H3. The van der Waals surface area contributed by atoms with Crippen molar-refractivity contribution in [3.8, 4) is 0 Å². The molecule has 2 heteroatoms. The van der Waals surface area contributed by atoms with Crippen LogP contribution in [0, 0.1) is 6.92 Å². The molecule has 0 aromatic rings. The van der Waals surface area contributed by atoms with Crippen LogP contribution in [0.3, 0.4) is 0 Å². The van der Waals surface area contributed by atoms with Gasteiger partial charge in [0.15, 0.2) is 0 Å². The molecular formula is C10H21O2. The average Bonchev–Trinajstić information content (AvgIpc) is 2.10. The first-order valence-corrected chi connectivity index (χ1v) is 4.63. The summed E-state index contributed by atoms with van der Waals surface area (Å²) in [5, 5.41) is 7.42. The predicted octanol–water partition coefficient (Wildman–Crippen LogP) is 3.27. The molecule has 0 heterocycles. The summed E-state index contributed by atoms with van der Waals surface area (Å²) >= 11 is 0. The number of hydrogen-bond acceptors (Lipinski definition) is 1. The second kappa shape index (κ2) is 13.1. The van der Waals surface area contributed by atoms with Gasteiger partial charge in [0.2, 0.25) is 0 Å². The summed E-state index contributed by atoms with van der Waals surface area (Å²) in [5.41, 5.74) is 0. The second-order valence-corrected chi connectivity index (χ2v) is 2.64. The fraction of sp³-hybridized carbons (Fsp3) is 0.800. The van der Waals surface area contributed by atoms with Crippen LogP contribution >= 0.6 is 0 Å². The summed E-state index contributed by atoms with van der Waals surface area (Å²) < 4.78 is 0. The van der Waals surface area contributed by atoms with Crippen molar-refractivity contribution in [2.24, 2.45) is 0 Å². The van der Waals surface area contributed by atoms with Crippen molar-refractivity contribution in [2.75, 3.05) is 0 Å². The maximum Gasteiger partial charge on any atom is 0.300 e. The molecule has 1 aliphatic carbocycles. The van der Waals surface area contributed by atoms with Gasteiger partial charge >= 0.3 is 0 Å². The monoisotopic (exact) mass is 173 g/mol. The minimum absolute atomic E-state index is 0.833. The fourth-order valence-electron chi connectivity index (χ4n) is 1.06. The summed E-state index contributed by atoms with van der Waals surface area (Å²) in [7, 11) is 0. The zero-order valence-electron chi connectivity index (χ0n) is 8.31. The lowest BCUT2D eigenvalue weighted by Crippen LogP contribution is -1.85. The van der Waals surface area contributed by atoms with Crippen LogP contribution in [0.2, 0.25) is 0 Å². The van der Waals surface area contributed by atoms with Crippen LogP contribution in [0.5, 0.6) is 0 Å². The highest BCUT2D eigenvalue weighted by Gasteiger charge is 1.95. The number of carbonyl (C=O) groups is 1. The van der Waals surface area contributed by atoms with E-state index in [1.165, 1.54) is 38.5 Å². The molecule has 0 aliphatic heterocycles. The molecule has 73 valence electrons. The Bertz CT molecular complexity index is 70.3. The van der Waals surface area contributed by atoms with Gasteiger partial charge in [0.25, 0.3) is 5.97 Å². The predicted molar refractivity (Wildman–Crippen MR) is 52.0 cm³/mol. The van der Waals surface area contributed by atoms with Gasteiger partial charge in [0.1, 0.15) is 0 Å². The van der Waals surface area contributed by atoms with E-state index in [1.807, 2.05) is 0 Å². The minimum atomic E-state index is -0.833. The molecule has 12 heavy (non-hydrogen) atoms. The van der Waals surface area contributed by atoms with Gasteiger partial charge < -0.3 is 5.11 Å². The molecule has 0 amide bonds. The van der Waals surface area contributed by atoms with E-state index < -0.39 is 5.97 Å². The Labute approximate surface area is 76.0 Å². The number of carboxylic acids is 1. The Morgan fingerprint density at radius 1 is 1.00 bits per heavy atom. The van der Waals surface area contributed by atoms with Gasteiger partial charge in [-0.25, -0.2) is 0 Å². The lowest BCUT2D eigenvalue weighted by molar-refractivity contribution is -0.134. The third kappa shape index (κ3) is 22.7. The molecule has 0 spiro atoms. The number of rotatable bonds is 0. The van der Waals surface area contributed by atoms with Gasteiger partial charge in [-0.05, 0) is 0 Å². The topological polar surface area (TPSA) is 37.3 Å². The lowest BCUT2D eigenvalue weighted by Gasteiger charge is -2.05. The lowest BCUT2D eigenvalue weighted by atomic mass is 10.0. The van der Waals surface area contributed by atoms with Crippen molar-refractivity contribution in [2.45, 2.75) is 52.4 Å². The minimum Gasteiger partial charge on any atom is -0.481 e. The molecule has 0 atom stereocenters. The van der Waals surface area contributed by atoms with Crippen molar-refractivity contribution in [3.63, 3.8) is 0 Å². The normalized spacial score (nSPS) is 14.6. The van der Waals surface area contributed by atoms with Gasteiger partial charge in [-0.2, -0.15) is 0 Å². The van der Waals surface area contributed by atoms with Crippen LogP contribution in [-0.2, 0) is 4.79 Å². The molecule has 0 bridgehead atoms. The molecule has 0 saturated heterocycles. The van der Waals surface area contributed by atoms with E-state index in [9.17, 15) is 0 Å². The van der Waals surface area contributed by atoms with Crippen molar-refractivity contribution in [3.05, 3.63) is 6.92 Å². The molecule has 1 aliphatic rings. The summed E-state index contributed by atoms with van der Waals surface area (Å²) in [6, 6.07) is 0. The maximum atomic E-state index is 9.00. The molecule has 2 nitrogen and oxygen atoms in total. The highest BCUT2D eigenvalue weighted by molar-refractivity contribution is 5.62. The average molecular weight is 173 g/mol. The van der Waals surface area contributed by atoms with Crippen LogP contribution in [0.25, 0.3) is 0 Å². The molecule has 1 fully saturated rings. The van der Waals surface area contributed by atoms with Crippen LogP contribution in [0.1, 0.15) is 52.4 Å². The second-order valence-electron chi connectivity index (χ2n) is 2.64. The van der Waals surface area contributed by atoms with Gasteiger partial charge in [0, 0.05) is 6.92 Å². The van der Waals surface area contributed by atoms with Gasteiger partial charge in [-0.3, -0.25) is 4.79 Å². The van der Waals surface area contributed by atoms with Crippen LogP contribution in [0.4, 0.5) is 0 Å². The highest BCUT2D eigenvalue weighted by Crippen LogP contribution is 2.15. The van der Waals surface area contributed by atoms with Crippen molar-refractivity contribution >= 4 is 5.97 Å². The summed E-state index contributed by atoms with van der Waals surface area (Å²) in [5.74, 6) is -0.833. The number of aliphatic carboxylic acids is 1. The Morgan fingerprint density at radius 2 is 1.08 bits per heavy atom. The third-order valence-electron chi connectivity index (χ3n) is 1.50. The zero-order valence-corrected chi connectivity index (χ0v) is 8.31. The Kier molecular flexibility index (Phi) is 15.3. The SMILES string of the molecule is C1CCCCC1.CC(=O)O.[CH2]C. The first-order chi connectivity index (χ1) is 5.73. The molecular weight excluding hydrogens is 152 g/mol. The van der Waals surface area contributed by atoms with Crippen molar-refractivity contribution < 1.29 is 9.90 Å². The molecule has 1 saturated carbocycles. The van der Waals surface area contributed by atoms with Crippen molar-refractivity contribution in [1.82, 2.24) is 0 Å². The summed E-state index contributed by atoms with van der Waals surface area (Å²) in [6.07, 6.45) is 9.00. The van der Waals surface area contributed by atoms with Crippen molar-refractivity contribution in [1.29, 1.82) is 0 Å². The zero-order chi connectivity index (χ0) is 9.82. The number of carboxylic acid groups (broad SMARTS) is 1. The molecule has 0 aromatic heterocycles. The largest absolute Gasteiger partial charge is 0.481 e. The highest BCUT2D eigenvalue weighted by atomic mass is 16.4. The van der Waals surface area contributed by atoms with Gasteiger partial charge in [-0.15, -0.1) is 0 Å². The Morgan fingerprint density at radius 3 is 1.17 bits per heavy atom. The first-order valence-electron chi connectivity index (χ1n) is 4.63. The van der Waals surface area contributed by atoms with E-state index >= 15 is 0 Å².